The molecule has 1 aliphatic rings. The van der Waals surface area contributed by atoms with Crippen molar-refractivity contribution < 1.29 is 4.74 Å². The third-order valence-electron chi connectivity index (χ3n) is 3.00. The summed E-state index contributed by atoms with van der Waals surface area (Å²) in [5, 5.41) is 3.49. The van der Waals surface area contributed by atoms with Gasteiger partial charge in [0.1, 0.15) is 0 Å². The van der Waals surface area contributed by atoms with Crippen LogP contribution in [0.1, 0.15) is 12.8 Å². The lowest BCUT2D eigenvalue weighted by atomic mass is 10.2. The van der Waals surface area contributed by atoms with Crippen LogP contribution >= 0.6 is 0 Å². The molecule has 1 unspecified atom stereocenters. The molecule has 16 heavy (non-hydrogen) atoms. The number of hydrogen-bond donors (Lipinski definition) is 1. The number of morpholine rings is 1. The summed E-state index contributed by atoms with van der Waals surface area (Å²) in [5.74, 6) is 0. The Bertz CT molecular complexity index is 170. The highest BCUT2D eigenvalue weighted by atomic mass is 16.5. The van der Waals surface area contributed by atoms with Gasteiger partial charge in [-0.2, -0.15) is 0 Å². The molecule has 0 bridgehead atoms. The Morgan fingerprint density at radius 2 is 2.00 bits per heavy atom. The van der Waals surface area contributed by atoms with E-state index in [1.807, 2.05) is 0 Å². The highest BCUT2D eigenvalue weighted by Crippen LogP contribution is 2.00. The highest BCUT2D eigenvalue weighted by molar-refractivity contribution is 4.71. The molecular weight excluding hydrogens is 202 g/mol. The van der Waals surface area contributed by atoms with Crippen LogP contribution in [0.15, 0.2) is 0 Å². The van der Waals surface area contributed by atoms with E-state index in [9.17, 15) is 0 Å². The van der Waals surface area contributed by atoms with Crippen LogP contribution in [0.4, 0.5) is 0 Å². The van der Waals surface area contributed by atoms with Crippen molar-refractivity contribution in [1.82, 2.24) is 15.1 Å². The van der Waals surface area contributed by atoms with E-state index in [-0.39, 0.29) is 0 Å². The molecule has 4 nitrogen and oxygen atoms in total. The summed E-state index contributed by atoms with van der Waals surface area (Å²) >= 11 is 0. The maximum atomic E-state index is 5.44. The van der Waals surface area contributed by atoms with Crippen LogP contribution in [0.5, 0.6) is 0 Å². The fourth-order valence-corrected chi connectivity index (χ4v) is 1.95. The molecule has 1 saturated heterocycles. The minimum absolute atomic E-state index is 0.560. The van der Waals surface area contributed by atoms with Crippen molar-refractivity contribution in [3.8, 4) is 0 Å². The van der Waals surface area contributed by atoms with Gasteiger partial charge in [-0.05, 0) is 53.6 Å². The van der Waals surface area contributed by atoms with Gasteiger partial charge in [0.15, 0.2) is 0 Å². The van der Waals surface area contributed by atoms with E-state index < -0.39 is 0 Å². The van der Waals surface area contributed by atoms with Crippen molar-refractivity contribution >= 4 is 0 Å². The summed E-state index contributed by atoms with van der Waals surface area (Å²) in [6.45, 7) is 6.28. The number of nitrogens with zero attached hydrogens (tertiary/aromatic N) is 2. The summed E-state index contributed by atoms with van der Waals surface area (Å²) in [7, 11) is 6.46. The fourth-order valence-electron chi connectivity index (χ4n) is 1.95. The molecule has 0 amide bonds. The molecule has 4 heteroatoms. The van der Waals surface area contributed by atoms with Gasteiger partial charge in [-0.15, -0.1) is 0 Å². The predicted octanol–water partition coefficient (Wildman–Crippen LogP) is 0.248. The smallest absolute Gasteiger partial charge is 0.0620 e. The molecule has 1 heterocycles. The average molecular weight is 229 g/mol. The first-order valence-corrected chi connectivity index (χ1v) is 6.33. The van der Waals surface area contributed by atoms with Gasteiger partial charge in [-0.3, -0.25) is 0 Å². The van der Waals surface area contributed by atoms with Crippen LogP contribution in [0.2, 0.25) is 0 Å². The summed E-state index contributed by atoms with van der Waals surface area (Å²) < 4.78 is 5.44. The average Bonchev–Trinajstić information content (AvgIpc) is 2.27. The Hall–Kier alpha value is -0.160. The van der Waals surface area contributed by atoms with Crippen molar-refractivity contribution in [2.45, 2.75) is 18.9 Å². The third kappa shape index (κ3) is 6.43. The Morgan fingerprint density at radius 3 is 2.62 bits per heavy atom. The van der Waals surface area contributed by atoms with E-state index in [1.165, 1.54) is 25.9 Å². The van der Waals surface area contributed by atoms with Crippen LogP contribution in [-0.4, -0.2) is 76.4 Å². The second kappa shape index (κ2) is 8.01. The molecule has 0 aliphatic carbocycles. The molecule has 1 atom stereocenters. The second-order valence-electron chi connectivity index (χ2n) is 4.97. The zero-order valence-electron chi connectivity index (χ0n) is 11.0. The first kappa shape index (κ1) is 13.9. The maximum absolute atomic E-state index is 5.44. The zero-order valence-corrected chi connectivity index (χ0v) is 11.0. The second-order valence-corrected chi connectivity index (χ2v) is 4.97. The van der Waals surface area contributed by atoms with Crippen LogP contribution in [0.3, 0.4) is 0 Å². The maximum Gasteiger partial charge on any atom is 0.0620 e. The van der Waals surface area contributed by atoms with Crippen molar-refractivity contribution in [3.63, 3.8) is 0 Å². The molecule has 0 spiro atoms. The molecule has 0 aromatic heterocycles. The zero-order chi connectivity index (χ0) is 11.8. The third-order valence-corrected chi connectivity index (χ3v) is 3.00. The molecule has 1 aliphatic heterocycles. The van der Waals surface area contributed by atoms with E-state index in [1.54, 1.807) is 0 Å². The van der Waals surface area contributed by atoms with Crippen LogP contribution in [-0.2, 0) is 4.74 Å². The topological polar surface area (TPSA) is 27.7 Å². The number of ether oxygens (including phenoxy) is 1. The molecule has 96 valence electrons. The molecule has 0 saturated carbocycles. The van der Waals surface area contributed by atoms with Gasteiger partial charge in [-0.25, -0.2) is 0 Å². The number of hydrogen-bond acceptors (Lipinski definition) is 4. The Morgan fingerprint density at radius 1 is 1.19 bits per heavy atom. The van der Waals surface area contributed by atoms with Crippen molar-refractivity contribution in [1.29, 1.82) is 0 Å². The van der Waals surface area contributed by atoms with Gasteiger partial charge in [0.25, 0.3) is 0 Å². The summed E-state index contributed by atoms with van der Waals surface area (Å²) in [4.78, 5) is 4.66. The lowest BCUT2D eigenvalue weighted by Gasteiger charge is -2.26. The first-order valence-electron chi connectivity index (χ1n) is 6.33. The van der Waals surface area contributed by atoms with Crippen molar-refractivity contribution in [2.24, 2.45) is 0 Å². The van der Waals surface area contributed by atoms with Crippen LogP contribution in [0, 0.1) is 0 Å². The van der Waals surface area contributed by atoms with Gasteiger partial charge < -0.3 is 19.9 Å². The van der Waals surface area contributed by atoms with Gasteiger partial charge >= 0.3 is 0 Å². The number of nitrogens with one attached hydrogen (secondary N) is 1. The van der Waals surface area contributed by atoms with Crippen molar-refractivity contribution in [2.75, 3.05) is 60.5 Å². The van der Waals surface area contributed by atoms with E-state index in [0.29, 0.717) is 6.04 Å². The lowest BCUT2D eigenvalue weighted by Crippen LogP contribution is -2.43. The standard InChI is InChI=1S/C12H27N3O/c1-14(2)7-4-8-15(3)9-5-12-11-16-10-6-13-12/h12-13H,4-11H2,1-3H3. The van der Waals surface area contributed by atoms with E-state index in [4.69, 9.17) is 4.74 Å². The van der Waals surface area contributed by atoms with Crippen molar-refractivity contribution in [3.05, 3.63) is 0 Å². The van der Waals surface area contributed by atoms with Gasteiger partial charge in [0.05, 0.1) is 13.2 Å². The Labute approximate surface area is 99.9 Å². The minimum atomic E-state index is 0.560. The van der Waals surface area contributed by atoms with E-state index in [0.717, 1.165) is 26.3 Å². The SMILES string of the molecule is CN(C)CCCN(C)CCC1COCCN1. The summed E-state index contributed by atoms with van der Waals surface area (Å²) in [6, 6.07) is 0.560. The van der Waals surface area contributed by atoms with Crippen LogP contribution < -0.4 is 5.32 Å². The minimum Gasteiger partial charge on any atom is -0.379 e. The van der Waals surface area contributed by atoms with Gasteiger partial charge in [0, 0.05) is 12.6 Å². The summed E-state index contributed by atoms with van der Waals surface area (Å²) in [6.07, 6.45) is 2.44. The molecule has 0 radical (unpaired) electrons. The van der Waals surface area contributed by atoms with Gasteiger partial charge in [0.2, 0.25) is 0 Å². The lowest BCUT2D eigenvalue weighted by molar-refractivity contribution is 0.0709. The summed E-state index contributed by atoms with van der Waals surface area (Å²) in [5.41, 5.74) is 0. The van der Waals surface area contributed by atoms with E-state index in [2.05, 4.69) is 36.3 Å². The Balaban J connectivity index is 1.98. The molecule has 0 aromatic rings. The molecule has 1 N–H and O–H groups in total. The first-order chi connectivity index (χ1) is 7.68. The molecule has 1 rings (SSSR count). The molecular formula is C12H27N3O. The number of rotatable bonds is 7. The quantitative estimate of drug-likeness (QED) is 0.677. The molecule has 1 fully saturated rings. The monoisotopic (exact) mass is 229 g/mol. The molecule has 0 aromatic carbocycles. The predicted molar refractivity (Wildman–Crippen MR) is 67.9 cm³/mol. The van der Waals surface area contributed by atoms with Gasteiger partial charge in [-0.1, -0.05) is 0 Å². The normalized spacial score (nSPS) is 21.9. The largest absolute Gasteiger partial charge is 0.379 e. The van der Waals surface area contributed by atoms with E-state index >= 15 is 0 Å². The Kier molecular flexibility index (Phi) is 6.96. The fraction of sp³-hybridized carbons (Fsp3) is 1.00. The highest BCUT2D eigenvalue weighted by Gasteiger charge is 2.13. The van der Waals surface area contributed by atoms with Crippen LogP contribution in [0.25, 0.3) is 0 Å².